The van der Waals surface area contributed by atoms with Crippen molar-refractivity contribution in [2.45, 2.75) is 13.3 Å². The molecule has 0 atom stereocenters. The van der Waals surface area contributed by atoms with Gasteiger partial charge in [0.2, 0.25) is 0 Å². The summed E-state index contributed by atoms with van der Waals surface area (Å²) in [6.07, 6.45) is -2.69. The Hall–Kier alpha value is -0.770. The summed E-state index contributed by atoms with van der Waals surface area (Å²) in [5, 5.41) is 8.56. The van der Waals surface area contributed by atoms with Gasteiger partial charge in [-0.05, 0) is 41.1 Å². The number of halogens is 3. The topological polar surface area (TPSA) is 36.7 Å². The minimum atomic E-state index is -2.69. The molecule has 0 N–H and O–H groups in total. The van der Waals surface area contributed by atoms with Crippen LogP contribution in [-0.2, 0) is 0 Å². The summed E-state index contributed by atoms with van der Waals surface area (Å²) in [5.74, 6) is 0. The molecule has 1 aromatic heterocycles. The maximum Gasteiger partial charge on any atom is 0.281 e. The third-order valence-corrected chi connectivity index (χ3v) is 2.60. The quantitative estimate of drug-likeness (QED) is 0.590. The van der Waals surface area contributed by atoms with E-state index in [0.29, 0.717) is 3.70 Å². The molecule has 1 rings (SSSR count). The van der Waals surface area contributed by atoms with Crippen molar-refractivity contribution in [3.63, 3.8) is 0 Å². The maximum atomic E-state index is 12.3. The lowest BCUT2D eigenvalue weighted by molar-refractivity contribution is 0.145. The van der Waals surface area contributed by atoms with Crippen LogP contribution in [0.3, 0.4) is 0 Å². The van der Waals surface area contributed by atoms with Crippen LogP contribution in [0.5, 0.6) is 0 Å². The lowest BCUT2D eigenvalue weighted by atomic mass is 10.1. The Labute approximate surface area is 87.7 Å². The number of nitrogens with zero attached hydrogens (tertiary/aromatic N) is 2. The van der Waals surface area contributed by atoms with E-state index in [2.05, 4.69) is 4.98 Å². The van der Waals surface area contributed by atoms with Crippen LogP contribution in [0.4, 0.5) is 8.78 Å². The van der Waals surface area contributed by atoms with E-state index in [0.717, 1.165) is 5.56 Å². The Morgan fingerprint density at radius 3 is 2.69 bits per heavy atom. The van der Waals surface area contributed by atoms with Crippen LogP contribution < -0.4 is 0 Å². The minimum Gasteiger partial charge on any atom is -0.239 e. The van der Waals surface area contributed by atoms with Crippen molar-refractivity contribution in [2.75, 3.05) is 0 Å². The van der Waals surface area contributed by atoms with Gasteiger partial charge in [-0.15, -0.1) is 0 Å². The van der Waals surface area contributed by atoms with E-state index in [1.54, 1.807) is 13.0 Å². The highest BCUT2D eigenvalue weighted by Crippen LogP contribution is 2.23. The molecule has 0 aliphatic heterocycles. The van der Waals surface area contributed by atoms with Crippen molar-refractivity contribution in [3.8, 4) is 6.07 Å². The highest BCUT2D eigenvalue weighted by molar-refractivity contribution is 14.1. The lowest BCUT2D eigenvalue weighted by Gasteiger charge is -2.04. The molecule has 68 valence electrons. The smallest absolute Gasteiger partial charge is 0.239 e. The van der Waals surface area contributed by atoms with Crippen LogP contribution in [0.2, 0.25) is 0 Å². The van der Waals surface area contributed by atoms with Gasteiger partial charge >= 0.3 is 0 Å². The SMILES string of the molecule is Cc1cc(C#N)c(C(F)F)nc1I. The fourth-order valence-electron chi connectivity index (χ4n) is 0.860. The molecule has 13 heavy (non-hydrogen) atoms. The van der Waals surface area contributed by atoms with Crippen LogP contribution >= 0.6 is 22.6 Å². The average molecular weight is 294 g/mol. The molecule has 0 aliphatic carbocycles. The molecule has 0 saturated heterocycles. The molecule has 0 spiro atoms. The highest BCUT2D eigenvalue weighted by atomic mass is 127. The monoisotopic (exact) mass is 294 g/mol. The molecular weight excluding hydrogens is 289 g/mol. The van der Waals surface area contributed by atoms with Gasteiger partial charge in [-0.1, -0.05) is 0 Å². The lowest BCUT2D eigenvalue weighted by Crippen LogP contribution is -1.99. The Kier molecular flexibility index (Phi) is 3.14. The zero-order chi connectivity index (χ0) is 10.0. The van der Waals surface area contributed by atoms with E-state index in [9.17, 15) is 8.78 Å². The van der Waals surface area contributed by atoms with Gasteiger partial charge in [0.05, 0.1) is 5.56 Å². The molecule has 1 aromatic rings. The van der Waals surface area contributed by atoms with Crippen molar-refractivity contribution >= 4 is 22.6 Å². The molecule has 0 unspecified atom stereocenters. The van der Waals surface area contributed by atoms with E-state index in [-0.39, 0.29) is 5.56 Å². The summed E-state index contributed by atoms with van der Waals surface area (Å²) >= 11 is 1.86. The predicted molar refractivity (Wildman–Crippen MR) is 51.4 cm³/mol. The summed E-state index contributed by atoms with van der Waals surface area (Å²) in [7, 11) is 0. The molecule has 0 bridgehead atoms. The summed E-state index contributed by atoms with van der Waals surface area (Å²) in [6, 6.07) is 3.13. The van der Waals surface area contributed by atoms with Gasteiger partial charge in [-0.25, -0.2) is 13.8 Å². The van der Waals surface area contributed by atoms with Crippen molar-refractivity contribution < 1.29 is 8.78 Å². The van der Waals surface area contributed by atoms with Gasteiger partial charge in [0.1, 0.15) is 15.5 Å². The van der Waals surface area contributed by atoms with Gasteiger partial charge in [0.15, 0.2) is 0 Å². The maximum absolute atomic E-state index is 12.3. The van der Waals surface area contributed by atoms with E-state index in [1.165, 1.54) is 6.07 Å². The third kappa shape index (κ3) is 2.12. The number of nitriles is 1. The first-order chi connectivity index (χ1) is 6.06. The van der Waals surface area contributed by atoms with Gasteiger partial charge in [-0.2, -0.15) is 5.26 Å². The summed E-state index contributed by atoms with van der Waals surface area (Å²) in [4.78, 5) is 3.66. The Morgan fingerprint density at radius 1 is 1.62 bits per heavy atom. The fourth-order valence-corrected chi connectivity index (χ4v) is 1.28. The molecular formula is C8H5F2IN2. The normalized spacial score (nSPS) is 10.2. The predicted octanol–water partition coefficient (Wildman–Crippen LogP) is 2.80. The van der Waals surface area contributed by atoms with E-state index in [1.807, 2.05) is 22.6 Å². The van der Waals surface area contributed by atoms with Gasteiger partial charge < -0.3 is 0 Å². The number of aromatic nitrogens is 1. The zero-order valence-corrected chi connectivity index (χ0v) is 8.84. The second kappa shape index (κ2) is 3.96. The molecule has 5 heteroatoms. The van der Waals surface area contributed by atoms with Crippen LogP contribution in [-0.4, -0.2) is 4.98 Å². The Morgan fingerprint density at radius 2 is 2.23 bits per heavy atom. The Balaban J connectivity index is 3.35. The minimum absolute atomic E-state index is 0.0482. The number of hydrogen-bond donors (Lipinski definition) is 0. The van der Waals surface area contributed by atoms with Crippen molar-refractivity contribution in [1.29, 1.82) is 5.26 Å². The van der Waals surface area contributed by atoms with Crippen LogP contribution in [0, 0.1) is 22.0 Å². The molecule has 0 fully saturated rings. The van der Waals surface area contributed by atoms with Crippen molar-refractivity contribution in [3.05, 3.63) is 26.6 Å². The molecule has 0 amide bonds. The summed E-state index contributed by atoms with van der Waals surface area (Å²) in [5.41, 5.74) is 0.256. The largest absolute Gasteiger partial charge is 0.281 e. The molecule has 0 radical (unpaired) electrons. The molecule has 0 aromatic carbocycles. The molecule has 1 heterocycles. The number of rotatable bonds is 1. The molecule has 2 nitrogen and oxygen atoms in total. The zero-order valence-electron chi connectivity index (χ0n) is 6.68. The summed E-state index contributed by atoms with van der Waals surface area (Å²) in [6.45, 7) is 1.73. The van der Waals surface area contributed by atoms with Gasteiger partial charge in [-0.3, -0.25) is 0 Å². The molecule has 0 aliphatic rings. The van der Waals surface area contributed by atoms with Gasteiger partial charge in [0.25, 0.3) is 6.43 Å². The van der Waals surface area contributed by atoms with E-state index < -0.39 is 12.1 Å². The second-order valence-electron chi connectivity index (χ2n) is 2.44. The van der Waals surface area contributed by atoms with E-state index >= 15 is 0 Å². The first kappa shape index (κ1) is 10.3. The summed E-state index contributed by atoms with van der Waals surface area (Å²) < 4.78 is 25.1. The standard InChI is InChI=1S/C8H5F2IN2/c1-4-2-5(3-12)6(7(9)10)13-8(4)11/h2,7H,1H3. The van der Waals surface area contributed by atoms with Gasteiger partial charge in [0, 0.05) is 0 Å². The fraction of sp³-hybridized carbons (Fsp3) is 0.250. The average Bonchev–Trinajstić information content (AvgIpc) is 2.08. The van der Waals surface area contributed by atoms with Crippen LogP contribution in [0.25, 0.3) is 0 Å². The first-order valence-electron chi connectivity index (χ1n) is 3.41. The molecule has 0 saturated carbocycles. The Bertz CT molecular complexity index is 371. The number of hydrogen-bond acceptors (Lipinski definition) is 2. The number of alkyl halides is 2. The first-order valence-corrected chi connectivity index (χ1v) is 4.49. The van der Waals surface area contributed by atoms with Crippen molar-refractivity contribution in [1.82, 2.24) is 4.98 Å². The van der Waals surface area contributed by atoms with E-state index in [4.69, 9.17) is 5.26 Å². The second-order valence-corrected chi connectivity index (χ2v) is 3.46. The highest BCUT2D eigenvalue weighted by Gasteiger charge is 2.16. The number of pyridine rings is 1. The number of aryl methyl sites for hydroxylation is 1. The third-order valence-electron chi connectivity index (χ3n) is 1.51. The van der Waals surface area contributed by atoms with Crippen molar-refractivity contribution in [2.24, 2.45) is 0 Å². The van der Waals surface area contributed by atoms with Crippen LogP contribution in [0.15, 0.2) is 6.07 Å². The van der Waals surface area contributed by atoms with Crippen LogP contribution in [0.1, 0.15) is 23.2 Å².